The number of thioether (sulfide) groups is 1. The van der Waals surface area contributed by atoms with Crippen LogP contribution in [-0.2, 0) is 6.42 Å². The molecule has 3 nitrogen and oxygen atoms in total. The third-order valence-corrected chi connectivity index (χ3v) is 3.67. The van der Waals surface area contributed by atoms with Gasteiger partial charge >= 0.3 is 0 Å². The van der Waals surface area contributed by atoms with Crippen LogP contribution in [-0.4, -0.2) is 21.0 Å². The lowest BCUT2D eigenvalue weighted by Gasteiger charge is -2.10. The topological polar surface area (TPSA) is 30.7 Å². The van der Waals surface area contributed by atoms with Crippen LogP contribution in [0.1, 0.15) is 19.2 Å². The number of aromatic nitrogens is 3. The van der Waals surface area contributed by atoms with Crippen molar-refractivity contribution in [3.8, 4) is 5.69 Å². The fraction of sp³-hybridized carbons (Fsp3) is 0.333. The van der Waals surface area contributed by atoms with Gasteiger partial charge in [0.05, 0.1) is 10.7 Å². The van der Waals surface area contributed by atoms with Crippen LogP contribution in [0.2, 0.25) is 10.0 Å². The molecule has 18 heavy (non-hydrogen) atoms. The summed E-state index contributed by atoms with van der Waals surface area (Å²) < 4.78 is 1.99. The largest absolute Gasteiger partial charge is 0.273 e. The van der Waals surface area contributed by atoms with E-state index in [-0.39, 0.29) is 0 Å². The van der Waals surface area contributed by atoms with Crippen LogP contribution in [0, 0.1) is 0 Å². The van der Waals surface area contributed by atoms with E-state index in [1.807, 2.05) is 23.0 Å². The van der Waals surface area contributed by atoms with E-state index in [1.165, 1.54) is 0 Å². The molecule has 1 aromatic carbocycles. The van der Waals surface area contributed by atoms with Crippen molar-refractivity contribution in [1.29, 1.82) is 0 Å². The van der Waals surface area contributed by atoms with Gasteiger partial charge in [-0.1, -0.05) is 41.9 Å². The summed E-state index contributed by atoms with van der Waals surface area (Å²) in [4.78, 5) is 0. The Morgan fingerprint density at radius 1 is 1.28 bits per heavy atom. The molecule has 0 N–H and O–H groups in total. The molecule has 96 valence electrons. The number of hydrogen-bond acceptors (Lipinski definition) is 3. The molecule has 0 saturated heterocycles. The molecule has 1 heterocycles. The second-order valence-corrected chi connectivity index (χ2v) is 5.40. The van der Waals surface area contributed by atoms with Crippen molar-refractivity contribution in [2.24, 2.45) is 0 Å². The molecular weight excluding hydrogens is 289 g/mol. The summed E-state index contributed by atoms with van der Waals surface area (Å²) >= 11 is 13.7. The molecule has 0 aliphatic rings. The van der Waals surface area contributed by atoms with Crippen LogP contribution in [0.4, 0.5) is 0 Å². The molecule has 0 unspecified atom stereocenters. The van der Waals surface area contributed by atoms with Gasteiger partial charge in [-0.2, -0.15) is 0 Å². The Bertz CT molecular complexity index is 554. The normalized spacial score (nSPS) is 10.9. The summed E-state index contributed by atoms with van der Waals surface area (Å²) in [7, 11) is 0. The second-order valence-electron chi connectivity index (χ2n) is 3.78. The SMILES string of the molecule is CCCc1nnc(SC)n1-c1ccc(Cl)cc1Cl. The Balaban J connectivity index is 2.57. The van der Waals surface area contributed by atoms with Crippen LogP contribution in [0.15, 0.2) is 23.4 Å². The summed E-state index contributed by atoms with van der Waals surface area (Å²) in [5, 5.41) is 10.5. The van der Waals surface area contributed by atoms with Crippen molar-refractivity contribution in [2.75, 3.05) is 6.26 Å². The summed E-state index contributed by atoms with van der Waals surface area (Å²) in [6, 6.07) is 5.45. The Kier molecular flexibility index (Phi) is 4.54. The molecule has 0 bridgehead atoms. The van der Waals surface area contributed by atoms with Gasteiger partial charge in [0.25, 0.3) is 0 Å². The van der Waals surface area contributed by atoms with E-state index in [0.717, 1.165) is 29.5 Å². The van der Waals surface area contributed by atoms with Crippen molar-refractivity contribution in [1.82, 2.24) is 14.8 Å². The highest BCUT2D eigenvalue weighted by atomic mass is 35.5. The lowest BCUT2D eigenvalue weighted by Crippen LogP contribution is -2.03. The van der Waals surface area contributed by atoms with Crippen LogP contribution in [0.25, 0.3) is 5.69 Å². The summed E-state index contributed by atoms with van der Waals surface area (Å²) in [6.07, 6.45) is 3.85. The lowest BCUT2D eigenvalue weighted by molar-refractivity contribution is 0.784. The average molecular weight is 302 g/mol. The van der Waals surface area contributed by atoms with Crippen molar-refractivity contribution in [3.05, 3.63) is 34.1 Å². The van der Waals surface area contributed by atoms with Gasteiger partial charge in [-0.3, -0.25) is 4.57 Å². The summed E-state index contributed by atoms with van der Waals surface area (Å²) in [5.74, 6) is 0.922. The molecule has 0 aliphatic heterocycles. The molecule has 0 fully saturated rings. The highest BCUT2D eigenvalue weighted by Crippen LogP contribution is 2.28. The molecule has 2 aromatic rings. The number of halogens is 2. The predicted molar refractivity (Wildman–Crippen MR) is 77.2 cm³/mol. The van der Waals surface area contributed by atoms with Crippen molar-refractivity contribution < 1.29 is 0 Å². The van der Waals surface area contributed by atoms with E-state index >= 15 is 0 Å². The molecular formula is C12H13Cl2N3S. The molecule has 1 aromatic heterocycles. The predicted octanol–water partition coefficient (Wildman–Crippen LogP) is 4.25. The van der Waals surface area contributed by atoms with E-state index in [0.29, 0.717) is 10.0 Å². The highest BCUT2D eigenvalue weighted by Gasteiger charge is 2.15. The highest BCUT2D eigenvalue weighted by molar-refractivity contribution is 7.98. The first kappa shape index (κ1) is 13.7. The zero-order valence-corrected chi connectivity index (χ0v) is 12.5. The smallest absolute Gasteiger partial charge is 0.195 e. The van der Waals surface area contributed by atoms with Gasteiger partial charge in [0.15, 0.2) is 5.16 Å². The zero-order valence-electron chi connectivity index (χ0n) is 10.2. The van der Waals surface area contributed by atoms with Gasteiger partial charge in [-0.05, 0) is 30.9 Å². The van der Waals surface area contributed by atoms with E-state index in [4.69, 9.17) is 23.2 Å². The quantitative estimate of drug-likeness (QED) is 0.791. The maximum atomic E-state index is 6.25. The van der Waals surface area contributed by atoms with Crippen LogP contribution in [0.3, 0.4) is 0 Å². The summed E-state index contributed by atoms with van der Waals surface area (Å²) in [6.45, 7) is 2.11. The molecule has 2 rings (SSSR count). The number of aryl methyl sites for hydroxylation is 1. The molecule has 0 amide bonds. The van der Waals surface area contributed by atoms with Crippen LogP contribution < -0.4 is 0 Å². The van der Waals surface area contributed by atoms with Gasteiger partial charge in [-0.15, -0.1) is 10.2 Å². The third kappa shape index (κ3) is 2.66. The monoisotopic (exact) mass is 301 g/mol. The van der Waals surface area contributed by atoms with E-state index in [2.05, 4.69) is 17.1 Å². The standard InChI is InChI=1S/C12H13Cl2N3S/c1-3-4-11-15-16-12(18-2)17(11)10-6-5-8(13)7-9(10)14/h5-7H,3-4H2,1-2H3. The van der Waals surface area contributed by atoms with Gasteiger partial charge < -0.3 is 0 Å². The Morgan fingerprint density at radius 2 is 2.06 bits per heavy atom. The Morgan fingerprint density at radius 3 is 2.67 bits per heavy atom. The molecule has 0 radical (unpaired) electrons. The third-order valence-electron chi connectivity index (χ3n) is 2.51. The van der Waals surface area contributed by atoms with E-state index in [9.17, 15) is 0 Å². The van der Waals surface area contributed by atoms with E-state index in [1.54, 1.807) is 17.8 Å². The fourth-order valence-corrected chi connectivity index (χ4v) is 2.72. The van der Waals surface area contributed by atoms with Gasteiger partial charge in [0.1, 0.15) is 5.82 Å². The zero-order chi connectivity index (χ0) is 13.1. The lowest BCUT2D eigenvalue weighted by atomic mass is 10.3. The first-order valence-electron chi connectivity index (χ1n) is 5.61. The number of nitrogens with zero attached hydrogens (tertiary/aromatic N) is 3. The molecule has 6 heteroatoms. The van der Waals surface area contributed by atoms with Gasteiger partial charge in [0.2, 0.25) is 0 Å². The minimum Gasteiger partial charge on any atom is -0.273 e. The number of rotatable bonds is 4. The Hall–Kier alpha value is -0.710. The average Bonchev–Trinajstić information content (AvgIpc) is 2.73. The first-order chi connectivity index (χ1) is 8.67. The van der Waals surface area contributed by atoms with Gasteiger partial charge in [0, 0.05) is 11.4 Å². The molecule has 0 atom stereocenters. The molecule has 0 aliphatic carbocycles. The number of hydrogen-bond donors (Lipinski definition) is 0. The first-order valence-corrected chi connectivity index (χ1v) is 7.59. The van der Waals surface area contributed by atoms with Crippen molar-refractivity contribution in [3.63, 3.8) is 0 Å². The summed E-state index contributed by atoms with van der Waals surface area (Å²) in [5.41, 5.74) is 0.874. The maximum absolute atomic E-state index is 6.25. The van der Waals surface area contributed by atoms with Crippen molar-refractivity contribution in [2.45, 2.75) is 24.9 Å². The fourth-order valence-electron chi connectivity index (χ4n) is 1.72. The number of benzene rings is 1. The van der Waals surface area contributed by atoms with Crippen LogP contribution >= 0.6 is 35.0 Å². The Labute approximate surface area is 121 Å². The van der Waals surface area contributed by atoms with Crippen LogP contribution in [0.5, 0.6) is 0 Å². The minimum atomic E-state index is 0.606. The van der Waals surface area contributed by atoms with Crippen molar-refractivity contribution >= 4 is 35.0 Å². The van der Waals surface area contributed by atoms with E-state index < -0.39 is 0 Å². The molecule has 0 spiro atoms. The van der Waals surface area contributed by atoms with Gasteiger partial charge in [-0.25, -0.2) is 0 Å². The molecule has 0 saturated carbocycles. The second kappa shape index (κ2) is 5.95. The minimum absolute atomic E-state index is 0.606. The maximum Gasteiger partial charge on any atom is 0.195 e.